The fraction of sp³-hybridized carbons (Fsp3) is 0.421. The molecule has 0 fully saturated rings. The Morgan fingerprint density at radius 2 is 1.77 bits per heavy atom. The second-order valence-electron chi connectivity index (χ2n) is 6.17. The minimum Gasteiger partial charge on any atom is -0.383 e. The summed E-state index contributed by atoms with van der Waals surface area (Å²) in [7, 11) is 1.58. The number of aryl methyl sites for hydroxylation is 2. The number of ether oxygens (including phenoxy) is 1. The first-order valence-corrected chi connectivity index (χ1v) is 8.61. The Balaban J connectivity index is 2.18. The molecular weight excluding hydrogens is 334 g/mol. The lowest BCUT2D eigenvalue weighted by molar-refractivity contribution is -0.131. The molecule has 0 atom stereocenters. The van der Waals surface area contributed by atoms with Gasteiger partial charge in [-0.2, -0.15) is 0 Å². The van der Waals surface area contributed by atoms with Gasteiger partial charge in [0, 0.05) is 31.5 Å². The molecule has 2 N–H and O–H groups in total. The van der Waals surface area contributed by atoms with Crippen LogP contribution in [0.3, 0.4) is 0 Å². The average molecular weight is 359 g/mol. The van der Waals surface area contributed by atoms with E-state index in [2.05, 4.69) is 16.9 Å². The summed E-state index contributed by atoms with van der Waals surface area (Å²) in [6.07, 6.45) is 0.884. The Morgan fingerprint density at radius 1 is 1.12 bits per heavy atom. The van der Waals surface area contributed by atoms with Gasteiger partial charge in [0.1, 0.15) is 0 Å². The fourth-order valence-corrected chi connectivity index (χ4v) is 2.70. The van der Waals surface area contributed by atoms with Crippen molar-refractivity contribution in [2.24, 2.45) is 0 Å². The third-order valence-corrected chi connectivity index (χ3v) is 4.31. The number of aromatic amines is 2. The summed E-state index contributed by atoms with van der Waals surface area (Å²) in [6.45, 7) is 4.97. The first-order chi connectivity index (χ1) is 12.4. The molecule has 0 saturated carbocycles. The number of rotatable bonds is 8. The first kappa shape index (κ1) is 19.7. The monoisotopic (exact) mass is 359 g/mol. The molecule has 7 nitrogen and oxygen atoms in total. The van der Waals surface area contributed by atoms with Gasteiger partial charge in [-0.25, -0.2) is 4.79 Å². The van der Waals surface area contributed by atoms with Crippen LogP contribution in [0.15, 0.2) is 33.9 Å². The second kappa shape index (κ2) is 9.15. The zero-order chi connectivity index (χ0) is 19.1. The molecule has 2 aromatic rings. The predicted octanol–water partition coefficient (Wildman–Crippen LogP) is 1.15. The van der Waals surface area contributed by atoms with E-state index in [1.54, 1.807) is 18.9 Å². The maximum atomic E-state index is 12.8. The number of H-pyrrole nitrogens is 2. The molecule has 0 unspecified atom stereocenters. The van der Waals surface area contributed by atoms with E-state index in [0.717, 1.165) is 12.0 Å². The molecule has 0 radical (unpaired) electrons. The molecule has 1 amide bonds. The molecule has 140 valence electrons. The van der Waals surface area contributed by atoms with E-state index in [1.165, 1.54) is 5.56 Å². The SMILES string of the molecule is CCc1ccc(CN(CCOC)C(=O)Cc2c(C)[nH]c(=O)[nH]c2=O)cc1. The third-order valence-electron chi connectivity index (χ3n) is 4.31. The van der Waals surface area contributed by atoms with Crippen molar-refractivity contribution in [1.29, 1.82) is 0 Å². The molecule has 7 heteroatoms. The number of carbonyl (C=O) groups excluding carboxylic acids is 1. The van der Waals surface area contributed by atoms with Crippen LogP contribution in [0.25, 0.3) is 0 Å². The van der Waals surface area contributed by atoms with Crippen molar-refractivity contribution in [3.8, 4) is 0 Å². The molecule has 0 aliphatic heterocycles. The van der Waals surface area contributed by atoms with Gasteiger partial charge >= 0.3 is 5.69 Å². The van der Waals surface area contributed by atoms with Crippen LogP contribution in [-0.4, -0.2) is 41.0 Å². The van der Waals surface area contributed by atoms with Crippen LogP contribution in [0, 0.1) is 6.92 Å². The molecule has 0 spiro atoms. The molecule has 2 rings (SSSR count). The quantitative estimate of drug-likeness (QED) is 0.739. The van der Waals surface area contributed by atoms with Crippen LogP contribution in [0.4, 0.5) is 0 Å². The van der Waals surface area contributed by atoms with Crippen molar-refractivity contribution < 1.29 is 9.53 Å². The van der Waals surface area contributed by atoms with Gasteiger partial charge in [0.2, 0.25) is 5.91 Å². The van der Waals surface area contributed by atoms with E-state index in [-0.39, 0.29) is 17.9 Å². The minimum absolute atomic E-state index is 0.0747. The number of methoxy groups -OCH3 is 1. The Hall–Kier alpha value is -2.67. The van der Waals surface area contributed by atoms with Crippen LogP contribution in [-0.2, 0) is 28.9 Å². The van der Waals surface area contributed by atoms with E-state index >= 15 is 0 Å². The van der Waals surface area contributed by atoms with Crippen LogP contribution in [0.5, 0.6) is 0 Å². The van der Waals surface area contributed by atoms with E-state index in [1.807, 2.05) is 24.3 Å². The smallest absolute Gasteiger partial charge is 0.325 e. The third kappa shape index (κ3) is 5.16. The Morgan fingerprint density at radius 3 is 2.35 bits per heavy atom. The molecule has 0 saturated heterocycles. The fourth-order valence-electron chi connectivity index (χ4n) is 2.70. The van der Waals surface area contributed by atoms with Crippen molar-refractivity contribution >= 4 is 5.91 Å². The van der Waals surface area contributed by atoms with E-state index in [0.29, 0.717) is 25.4 Å². The Bertz CT molecular complexity index is 852. The second-order valence-corrected chi connectivity index (χ2v) is 6.17. The maximum absolute atomic E-state index is 12.8. The normalized spacial score (nSPS) is 10.7. The number of nitrogens with zero attached hydrogens (tertiary/aromatic N) is 1. The van der Waals surface area contributed by atoms with E-state index in [9.17, 15) is 14.4 Å². The van der Waals surface area contributed by atoms with Gasteiger partial charge < -0.3 is 14.6 Å². The summed E-state index contributed by atoms with van der Waals surface area (Å²) in [4.78, 5) is 42.4. The average Bonchev–Trinajstić information content (AvgIpc) is 2.62. The van der Waals surface area contributed by atoms with Crippen molar-refractivity contribution in [3.05, 3.63) is 67.5 Å². The lowest BCUT2D eigenvalue weighted by Gasteiger charge is -2.23. The largest absolute Gasteiger partial charge is 0.383 e. The molecular formula is C19H25N3O4. The van der Waals surface area contributed by atoms with E-state index < -0.39 is 11.2 Å². The summed E-state index contributed by atoms with van der Waals surface area (Å²) in [6, 6.07) is 8.10. The standard InChI is InChI=1S/C19H25N3O4/c1-4-14-5-7-15(8-6-14)12-22(9-10-26-3)17(23)11-16-13(2)20-19(25)21-18(16)24/h5-8H,4,9-12H2,1-3H3,(H2,20,21,24,25). The van der Waals surface area contributed by atoms with Gasteiger partial charge in [-0.1, -0.05) is 31.2 Å². The molecule has 0 aliphatic carbocycles. The number of hydrogen-bond donors (Lipinski definition) is 2. The van der Waals surface area contributed by atoms with Crippen LogP contribution in [0.1, 0.15) is 29.3 Å². The van der Waals surface area contributed by atoms with Crippen LogP contribution < -0.4 is 11.2 Å². The van der Waals surface area contributed by atoms with Gasteiger partial charge in [0.05, 0.1) is 13.0 Å². The zero-order valence-corrected chi connectivity index (χ0v) is 15.4. The van der Waals surface area contributed by atoms with Crippen LogP contribution >= 0.6 is 0 Å². The summed E-state index contributed by atoms with van der Waals surface area (Å²) in [5.41, 5.74) is 1.83. The summed E-state index contributed by atoms with van der Waals surface area (Å²) in [5, 5.41) is 0. The molecule has 1 aromatic carbocycles. The lowest BCUT2D eigenvalue weighted by atomic mass is 10.1. The Kier molecular flexibility index (Phi) is 6.91. The Labute approximate surface area is 152 Å². The highest BCUT2D eigenvalue weighted by Gasteiger charge is 2.18. The van der Waals surface area contributed by atoms with Gasteiger partial charge in [-0.05, 0) is 24.5 Å². The summed E-state index contributed by atoms with van der Waals surface area (Å²) >= 11 is 0. The number of hydrogen-bond acceptors (Lipinski definition) is 4. The first-order valence-electron chi connectivity index (χ1n) is 8.61. The molecule has 0 aliphatic rings. The molecule has 26 heavy (non-hydrogen) atoms. The highest BCUT2D eigenvalue weighted by atomic mass is 16.5. The summed E-state index contributed by atoms with van der Waals surface area (Å²) < 4.78 is 5.10. The van der Waals surface area contributed by atoms with Crippen molar-refractivity contribution in [2.75, 3.05) is 20.3 Å². The van der Waals surface area contributed by atoms with Crippen molar-refractivity contribution in [3.63, 3.8) is 0 Å². The number of carbonyl (C=O) groups is 1. The van der Waals surface area contributed by atoms with Crippen LogP contribution in [0.2, 0.25) is 0 Å². The van der Waals surface area contributed by atoms with Gasteiger partial charge in [0.15, 0.2) is 0 Å². The summed E-state index contributed by atoms with van der Waals surface area (Å²) in [5.74, 6) is -0.192. The number of aromatic nitrogens is 2. The minimum atomic E-state index is -0.573. The highest BCUT2D eigenvalue weighted by Crippen LogP contribution is 2.10. The van der Waals surface area contributed by atoms with Crippen molar-refractivity contribution in [1.82, 2.24) is 14.9 Å². The molecule has 0 bridgehead atoms. The topological polar surface area (TPSA) is 95.3 Å². The van der Waals surface area contributed by atoms with Gasteiger partial charge in [-0.3, -0.25) is 14.6 Å². The highest BCUT2D eigenvalue weighted by molar-refractivity contribution is 5.79. The molecule has 1 aromatic heterocycles. The lowest BCUT2D eigenvalue weighted by Crippen LogP contribution is -2.37. The van der Waals surface area contributed by atoms with E-state index in [4.69, 9.17) is 4.74 Å². The van der Waals surface area contributed by atoms with Gasteiger partial charge in [-0.15, -0.1) is 0 Å². The van der Waals surface area contributed by atoms with Gasteiger partial charge in [0.25, 0.3) is 5.56 Å². The number of benzene rings is 1. The predicted molar refractivity (Wildman–Crippen MR) is 99.2 cm³/mol. The zero-order valence-electron chi connectivity index (χ0n) is 15.4. The molecule has 1 heterocycles. The maximum Gasteiger partial charge on any atom is 0.325 e. The van der Waals surface area contributed by atoms with Crippen molar-refractivity contribution in [2.45, 2.75) is 33.2 Å². The number of amides is 1. The number of nitrogens with one attached hydrogen (secondary N) is 2.